The third kappa shape index (κ3) is 2.39. The Morgan fingerprint density at radius 1 is 1.29 bits per heavy atom. The van der Waals surface area contributed by atoms with Crippen LogP contribution >= 0.6 is 0 Å². The largest absolute Gasteiger partial charge is 0.469 e. The molecule has 1 rings (SSSR count). The fraction of sp³-hybridized carbons (Fsp3) is 0.889. The van der Waals surface area contributed by atoms with Gasteiger partial charge in [-0.15, -0.1) is 0 Å². The maximum Gasteiger partial charge on any atom is 0.392 e. The van der Waals surface area contributed by atoms with Gasteiger partial charge in [0.05, 0.1) is 18.9 Å². The fourth-order valence-electron chi connectivity index (χ4n) is 1.96. The zero-order chi connectivity index (χ0) is 10.8. The van der Waals surface area contributed by atoms with E-state index in [0.29, 0.717) is 12.8 Å². The van der Waals surface area contributed by atoms with E-state index in [1.807, 2.05) is 0 Å². The Balaban J connectivity index is 2.74. The van der Waals surface area contributed by atoms with Crippen molar-refractivity contribution in [3.8, 4) is 0 Å². The number of carbonyl (C=O) groups excluding carboxylic acids is 1. The van der Waals surface area contributed by atoms with Gasteiger partial charge >= 0.3 is 12.1 Å². The molecule has 0 aliphatic heterocycles. The number of esters is 1. The number of carbonyl (C=O) groups is 1. The quantitative estimate of drug-likeness (QED) is 0.621. The number of rotatable bonds is 1. The summed E-state index contributed by atoms with van der Waals surface area (Å²) in [6.07, 6.45) is -2.73. The van der Waals surface area contributed by atoms with Gasteiger partial charge in [0.25, 0.3) is 0 Å². The lowest BCUT2D eigenvalue weighted by molar-refractivity contribution is -0.204. The molecule has 0 spiro atoms. The first-order chi connectivity index (χ1) is 6.46. The Kier molecular flexibility index (Phi) is 3.39. The van der Waals surface area contributed by atoms with E-state index in [1.165, 1.54) is 0 Å². The number of hydrogen-bond acceptors (Lipinski definition) is 2. The molecule has 82 valence electrons. The molecule has 0 N–H and O–H groups in total. The molecule has 14 heavy (non-hydrogen) atoms. The first-order valence-corrected chi connectivity index (χ1v) is 4.61. The van der Waals surface area contributed by atoms with Crippen LogP contribution in [-0.2, 0) is 9.53 Å². The van der Waals surface area contributed by atoms with Crippen molar-refractivity contribution in [1.82, 2.24) is 0 Å². The SMILES string of the molecule is COC(=O)[C@H]1CCCC[C@@H]1C(F)(F)F. The summed E-state index contributed by atoms with van der Waals surface area (Å²) in [5.74, 6) is -3.23. The van der Waals surface area contributed by atoms with E-state index in [2.05, 4.69) is 4.74 Å². The van der Waals surface area contributed by atoms with Crippen molar-refractivity contribution >= 4 is 5.97 Å². The van der Waals surface area contributed by atoms with Crippen LogP contribution in [0, 0.1) is 11.8 Å². The molecule has 1 aliphatic rings. The molecule has 0 unspecified atom stereocenters. The lowest BCUT2D eigenvalue weighted by Gasteiger charge is -2.30. The average Bonchev–Trinajstić information content (AvgIpc) is 2.15. The zero-order valence-electron chi connectivity index (χ0n) is 7.93. The van der Waals surface area contributed by atoms with Crippen LogP contribution in [0.2, 0.25) is 0 Å². The van der Waals surface area contributed by atoms with E-state index < -0.39 is 24.0 Å². The van der Waals surface area contributed by atoms with Gasteiger partial charge < -0.3 is 4.74 Å². The highest BCUT2D eigenvalue weighted by molar-refractivity contribution is 5.72. The Morgan fingerprint density at radius 2 is 1.86 bits per heavy atom. The van der Waals surface area contributed by atoms with Crippen molar-refractivity contribution in [2.75, 3.05) is 7.11 Å². The molecule has 1 saturated carbocycles. The van der Waals surface area contributed by atoms with E-state index >= 15 is 0 Å². The number of alkyl halides is 3. The lowest BCUT2D eigenvalue weighted by atomic mass is 9.79. The van der Waals surface area contributed by atoms with Gasteiger partial charge in [0.15, 0.2) is 0 Å². The standard InChI is InChI=1S/C9H13F3O2/c1-14-8(13)6-4-2-3-5-7(6)9(10,11)12/h6-7H,2-5H2,1H3/t6-,7-/m0/s1. The average molecular weight is 210 g/mol. The van der Waals surface area contributed by atoms with E-state index in [4.69, 9.17) is 0 Å². The summed E-state index contributed by atoms with van der Waals surface area (Å²) in [6.45, 7) is 0. The molecule has 2 atom stereocenters. The van der Waals surface area contributed by atoms with Crippen LogP contribution in [0.25, 0.3) is 0 Å². The van der Waals surface area contributed by atoms with Crippen LogP contribution < -0.4 is 0 Å². The molecule has 0 heterocycles. The molecule has 0 radical (unpaired) electrons. The minimum atomic E-state index is -4.28. The Morgan fingerprint density at radius 3 is 2.36 bits per heavy atom. The van der Waals surface area contributed by atoms with E-state index in [-0.39, 0.29) is 12.8 Å². The smallest absolute Gasteiger partial charge is 0.392 e. The van der Waals surface area contributed by atoms with Gasteiger partial charge in [0, 0.05) is 0 Å². The lowest BCUT2D eigenvalue weighted by Crippen LogP contribution is -2.37. The molecule has 1 aliphatic carbocycles. The van der Waals surface area contributed by atoms with Gasteiger partial charge in [-0.1, -0.05) is 12.8 Å². The molecule has 1 fully saturated rings. The highest BCUT2D eigenvalue weighted by Crippen LogP contribution is 2.41. The normalized spacial score (nSPS) is 28.6. The highest BCUT2D eigenvalue weighted by Gasteiger charge is 2.48. The van der Waals surface area contributed by atoms with E-state index in [1.54, 1.807) is 0 Å². The number of ether oxygens (including phenoxy) is 1. The van der Waals surface area contributed by atoms with Gasteiger partial charge in [-0.2, -0.15) is 13.2 Å². The van der Waals surface area contributed by atoms with Crippen LogP contribution in [0.5, 0.6) is 0 Å². The molecular weight excluding hydrogens is 197 g/mol. The fourth-order valence-corrected chi connectivity index (χ4v) is 1.96. The minimum absolute atomic E-state index is 0.0449. The Labute approximate surface area is 80.4 Å². The molecule has 0 aromatic heterocycles. The summed E-state index contributed by atoms with van der Waals surface area (Å²) in [5, 5.41) is 0. The molecule has 0 bridgehead atoms. The van der Waals surface area contributed by atoms with E-state index in [0.717, 1.165) is 7.11 Å². The van der Waals surface area contributed by atoms with Gasteiger partial charge in [-0.3, -0.25) is 4.79 Å². The summed E-state index contributed by atoms with van der Waals surface area (Å²) in [4.78, 5) is 11.1. The van der Waals surface area contributed by atoms with Crippen molar-refractivity contribution < 1.29 is 22.7 Å². The predicted octanol–water partition coefficient (Wildman–Crippen LogP) is 2.53. The van der Waals surface area contributed by atoms with Crippen molar-refractivity contribution in [3.05, 3.63) is 0 Å². The summed E-state index contributed by atoms with van der Waals surface area (Å²) in [6, 6.07) is 0. The van der Waals surface area contributed by atoms with Crippen LogP contribution in [0.1, 0.15) is 25.7 Å². The monoisotopic (exact) mass is 210 g/mol. The highest BCUT2D eigenvalue weighted by atomic mass is 19.4. The second-order valence-corrected chi connectivity index (χ2v) is 3.56. The molecule has 2 nitrogen and oxygen atoms in total. The molecule has 0 aromatic rings. The van der Waals surface area contributed by atoms with Crippen LogP contribution in [0.15, 0.2) is 0 Å². The minimum Gasteiger partial charge on any atom is -0.469 e. The summed E-state index contributed by atoms with van der Waals surface area (Å²) < 4.78 is 41.8. The van der Waals surface area contributed by atoms with Gasteiger partial charge in [-0.05, 0) is 12.8 Å². The van der Waals surface area contributed by atoms with Crippen LogP contribution in [0.4, 0.5) is 13.2 Å². The maximum atomic E-state index is 12.5. The number of halogens is 3. The van der Waals surface area contributed by atoms with Gasteiger partial charge in [0.1, 0.15) is 0 Å². The van der Waals surface area contributed by atoms with Crippen molar-refractivity contribution in [2.24, 2.45) is 11.8 Å². The molecule has 0 saturated heterocycles. The van der Waals surface area contributed by atoms with E-state index in [9.17, 15) is 18.0 Å². The zero-order valence-corrected chi connectivity index (χ0v) is 7.93. The first-order valence-electron chi connectivity index (χ1n) is 4.61. The molecular formula is C9H13F3O2. The Hall–Kier alpha value is -0.740. The summed E-state index contributed by atoms with van der Waals surface area (Å²) in [7, 11) is 1.13. The second kappa shape index (κ2) is 4.19. The number of hydrogen-bond donors (Lipinski definition) is 0. The van der Waals surface area contributed by atoms with Crippen molar-refractivity contribution in [1.29, 1.82) is 0 Å². The Bertz CT molecular complexity index is 213. The molecule has 5 heteroatoms. The van der Waals surface area contributed by atoms with Crippen LogP contribution in [-0.4, -0.2) is 19.3 Å². The topological polar surface area (TPSA) is 26.3 Å². The van der Waals surface area contributed by atoms with Gasteiger partial charge in [-0.25, -0.2) is 0 Å². The third-order valence-electron chi connectivity index (χ3n) is 2.69. The molecule has 0 aromatic carbocycles. The summed E-state index contributed by atoms with van der Waals surface area (Å²) in [5.41, 5.74) is 0. The van der Waals surface area contributed by atoms with Gasteiger partial charge in [0.2, 0.25) is 0 Å². The van der Waals surface area contributed by atoms with Crippen molar-refractivity contribution in [3.63, 3.8) is 0 Å². The third-order valence-corrected chi connectivity index (χ3v) is 2.69. The molecule has 0 amide bonds. The summed E-state index contributed by atoms with van der Waals surface area (Å²) >= 11 is 0. The van der Waals surface area contributed by atoms with Crippen molar-refractivity contribution in [2.45, 2.75) is 31.9 Å². The first kappa shape index (κ1) is 11.3. The number of methoxy groups -OCH3 is 1. The predicted molar refractivity (Wildman–Crippen MR) is 43.5 cm³/mol. The van der Waals surface area contributed by atoms with Crippen LogP contribution in [0.3, 0.4) is 0 Å². The maximum absolute atomic E-state index is 12.5. The second-order valence-electron chi connectivity index (χ2n) is 3.56.